The molecule has 0 aliphatic rings. The van der Waals surface area contributed by atoms with E-state index >= 15 is 0 Å². The molecule has 0 rings (SSSR count). The third-order valence-corrected chi connectivity index (χ3v) is 3.79. The summed E-state index contributed by atoms with van der Waals surface area (Å²) in [5.74, 6) is 0. The fourth-order valence-electron chi connectivity index (χ4n) is 2.52. The number of rotatable bonds is 11. The van der Waals surface area contributed by atoms with E-state index in [9.17, 15) is 0 Å². The van der Waals surface area contributed by atoms with Crippen LogP contribution in [0.5, 0.6) is 0 Å². The second-order valence-corrected chi connectivity index (χ2v) is 4.96. The van der Waals surface area contributed by atoms with Crippen LogP contribution in [0.3, 0.4) is 0 Å². The number of hydrogen-bond donors (Lipinski definition) is 2. The molecule has 1 atom stereocenters. The van der Waals surface area contributed by atoms with Crippen molar-refractivity contribution < 1.29 is 10.2 Å². The van der Waals surface area contributed by atoms with Crippen LogP contribution in [0.2, 0.25) is 0 Å². The maximum Gasteiger partial charge on any atom is 0.0431 e. The zero-order valence-electron chi connectivity index (χ0n) is 11.2. The summed E-state index contributed by atoms with van der Waals surface area (Å²) in [6.07, 6.45) is 10.4. The fourth-order valence-corrected chi connectivity index (χ4v) is 2.52. The molecule has 0 fully saturated rings. The molecular weight excluding hydrogens is 200 g/mol. The van der Waals surface area contributed by atoms with E-state index in [0.717, 1.165) is 25.7 Å². The summed E-state index contributed by atoms with van der Waals surface area (Å²) in [4.78, 5) is 0. The highest BCUT2D eigenvalue weighted by Crippen LogP contribution is 2.39. The average Bonchev–Trinajstić information content (AvgIpc) is 2.32. The van der Waals surface area contributed by atoms with Gasteiger partial charge < -0.3 is 10.2 Å². The van der Waals surface area contributed by atoms with Gasteiger partial charge in [0.25, 0.3) is 0 Å². The maximum absolute atomic E-state index is 8.98. The van der Waals surface area contributed by atoms with Crippen molar-refractivity contribution in [2.45, 2.75) is 71.6 Å². The number of aliphatic hydroxyl groups excluding tert-OH is 2. The van der Waals surface area contributed by atoms with Gasteiger partial charge in [-0.25, -0.2) is 0 Å². The molecule has 0 radical (unpaired) electrons. The SMILES string of the molecule is CCCCC(CC)(CCCO)CCCCO. The van der Waals surface area contributed by atoms with Crippen molar-refractivity contribution in [3.63, 3.8) is 0 Å². The molecule has 0 aromatic heterocycles. The van der Waals surface area contributed by atoms with Gasteiger partial charge in [-0.2, -0.15) is 0 Å². The molecule has 0 saturated carbocycles. The molecule has 0 aliphatic carbocycles. The third kappa shape index (κ3) is 6.49. The minimum absolute atomic E-state index is 0.313. The smallest absolute Gasteiger partial charge is 0.0431 e. The molecule has 0 amide bonds. The van der Waals surface area contributed by atoms with Gasteiger partial charge in [0.1, 0.15) is 0 Å². The summed E-state index contributed by atoms with van der Waals surface area (Å²) in [7, 11) is 0. The van der Waals surface area contributed by atoms with Crippen molar-refractivity contribution in [1.29, 1.82) is 0 Å². The van der Waals surface area contributed by atoms with Gasteiger partial charge in [0.2, 0.25) is 0 Å². The van der Waals surface area contributed by atoms with Gasteiger partial charge in [-0.15, -0.1) is 0 Å². The summed E-state index contributed by atoms with van der Waals surface area (Å²) in [5.41, 5.74) is 0.425. The second kappa shape index (κ2) is 10.1. The lowest BCUT2D eigenvalue weighted by Crippen LogP contribution is -2.20. The first-order valence-electron chi connectivity index (χ1n) is 6.96. The van der Waals surface area contributed by atoms with E-state index in [2.05, 4.69) is 13.8 Å². The molecule has 2 N–H and O–H groups in total. The van der Waals surface area contributed by atoms with Crippen molar-refractivity contribution in [2.75, 3.05) is 13.2 Å². The van der Waals surface area contributed by atoms with Gasteiger partial charge >= 0.3 is 0 Å². The Bertz CT molecular complexity index is 138. The first-order valence-corrected chi connectivity index (χ1v) is 6.96. The molecule has 0 aliphatic heterocycles. The van der Waals surface area contributed by atoms with Gasteiger partial charge in [-0.1, -0.05) is 39.5 Å². The topological polar surface area (TPSA) is 40.5 Å². The molecule has 0 bridgehead atoms. The van der Waals surface area contributed by atoms with Crippen molar-refractivity contribution in [3.05, 3.63) is 0 Å². The molecule has 0 heterocycles. The summed E-state index contributed by atoms with van der Waals surface area (Å²) >= 11 is 0. The predicted octanol–water partition coefficient (Wildman–Crippen LogP) is 3.51. The molecular formula is C14H30O2. The Kier molecular flexibility index (Phi) is 10.0. The first kappa shape index (κ1) is 15.9. The lowest BCUT2D eigenvalue weighted by molar-refractivity contribution is 0.163. The van der Waals surface area contributed by atoms with Crippen LogP contribution < -0.4 is 0 Å². The molecule has 1 unspecified atom stereocenters. The van der Waals surface area contributed by atoms with Crippen molar-refractivity contribution in [1.82, 2.24) is 0 Å². The standard InChI is InChI=1S/C14H30O2/c1-3-5-9-14(4-2,11-8-13-16)10-6-7-12-15/h15-16H,3-13H2,1-2H3. The third-order valence-electron chi connectivity index (χ3n) is 3.79. The van der Waals surface area contributed by atoms with Crippen LogP contribution >= 0.6 is 0 Å². The lowest BCUT2D eigenvalue weighted by atomic mass is 9.73. The Hall–Kier alpha value is -0.0800. The highest BCUT2D eigenvalue weighted by atomic mass is 16.3. The van der Waals surface area contributed by atoms with E-state index < -0.39 is 0 Å². The van der Waals surface area contributed by atoms with E-state index in [-0.39, 0.29) is 0 Å². The molecule has 0 spiro atoms. The van der Waals surface area contributed by atoms with E-state index in [1.807, 2.05) is 0 Å². The Morgan fingerprint density at radius 2 is 1.31 bits per heavy atom. The highest BCUT2D eigenvalue weighted by molar-refractivity contribution is 4.78. The average molecular weight is 230 g/mol. The minimum atomic E-state index is 0.313. The summed E-state index contributed by atoms with van der Waals surface area (Å²) in [5, 5.41) is 17.8. The second-order valence-electron chi connectivity index (χ2n) is 4.96. The largest absolute Gasteiger partial charge is 0.396 e. The summed E-state index contributed by atoms with van der Waals surface area (Å²) in [6, 6.07) is 0. The van der Waals surface area contributed by atoms with Crippen LogP contribution in [0.25, 0.3) is 0 Å². The zero-order valence-corrected chi connectivity index (χ0v) is 11.2. The highest BCUT2D eigenvalue weighted by Gasteiger charge is 2.26. The number of unbranched alkanes of at least 4 members (excludes halogenated alkanes) is 2. The lowest BCUT2D eigenvalue weighted by Gasteiger charge is -2.33. The molecule has 0 aromatic carbocycles. The first-order chi connectivity index (χ1) is 7.74. The Labute approximate surface area is 101 Å². The molecule has 2 nitrogen and oxygen atoms in total. The molecule has 2 heteroatoms. The summed E-state index contributed by atoms with van der Waals surface area (Å²) in [6.45, 7) is 5.13. The van der Waals surface area contributed by atoms with Gasteiger partial charge in [-0.05, 0) is 37.5 Å². The van der Waals surface area contributed by atoms with Crippen LogP contribution in [0.15, 0.2) is 0 Å². The van der Waals surface area contributed by atoms with E-state index in [4.69, 9.17) is 10.2 Å². The van der Waals surface area contributed by atoms with Gasteiger partial charge in [-0.3, -0.25) is 0 Å². The Balaban J connectivity index is 4.16. The van der Waals surface area contributed by atoms with Gasteiger partial charge in [0.15, 0.2) is 0 Å². The fraction of sp³-hybridized carbons (Fsp3) is 1.00. The zero-order chi connectivity index (χ0) is 12.3. The predicted molar refractivity (Wildman–Crippen MR) is 69.5 cm³/mol. The Morgan fingerprint density at radius 1 is 0.750 bits per heavy atom. The monoisotopic (exact) mass is 230 g/mol. The molecule has 98 valence electrons. The van der Waals surface area contributed by atoms with Crippen LogP contribution in [0, 0.1) is 5.41 Å². The number of hydrogen-bond acceptors (Lipinski definition) is 2. The Morgan fingerprint density at radius 3 is 1.81 bits per heavy atom. The molecule has 0 saturated heterocycles. The van der Waals surface area contributed by atoms with Crippen molar-refractivity contribution in [2.24, 2.45) is 5.41 Å². The minimum Gasteiger partial charge on any atom is -0.396 e. The van der Waals surface area contributed by atoms with Gasteiger partial charge in [0.05, 0.1) is 0 Å². The van der Waals surface area contributed by atoms with Crippen molar-refractivity contribution in [3.8, 4) is 0 Å². The molecule has 0 aromatic rings. The van der Waals surface area contributed by atoms with Crippen LogP contribution in [-0.2, 0) is 0 Å². The van der Waals surface area contributed by atoms with Crippen LogP contribution in [0.4, 0.5) is 0 Å². The molecule has 16 heavy (non-hydrogen) atoms. The summed E-state index contributed by atoms with van der Waals surface area (Å²) < 4.78 is 0. The van der Waals surface area contributed by atoms with Crippen LogP contribution in [0.1, 0.15) is 71.6 Å². The normalized spacial score (nSPS) is 15.0. The quantitative estimate of drug-likeness (QED) is 0.533. The van der Waals surface area contributed by atoms with Gasteiger partial charge in [0, 0.05) is 13.2 Å². The van der Waals surface area contributed by atoms with Crippen LogP contribution in [-0.4, -0.2) is 23.4 Å². The van der Waals surface area contributed by atoms with E-state index in [0.29, 0.717) is 18.6 Å². The maximum atomic E-state index is 8.98. The van der Waals surface area contributed by atoms with E-state index in [1.54, 1.807) is 0 Å². The van der Waals surface area contributed by atoms with E-state index in [1.165, 1.54) is 32.1 Å². The number of aliphatic hydroxyl groups is 2. The van der Waals surface area contributed by atoms with Crippen molar-refractivity contribution >= 4 is 0 Å².